The van der Waals surface area contributed by atoms with Crippen LogP contribution in [0.1, 0.15) is 6.92 Å². The number of anilines is 2. The molecule has 0 aromatic heterocycles. The zero-order chi connectivity index (χ0) is 21.7. The van der Waals surface area contributed by atoms with E-state index in [1.807, 2.05) is 30.3 Å². The summed E-state index contributed by atoms with van der Waals surface area (Å²) in [6, 6.07) is 21.5. The Bertz CT molecular complexity index is 1120. The van der Waals surface area contributed by atoms with Gasteiger partial charge in [-0.05, 0) is 61.5 Å². The molecule has 30 heavy (non-hydrogen) atoms. The third-order valence-electron chi connectivity index (χ3n) is 4.25. The van der Waals surface area contributed by atoms with Crippen LogP contribution in [0.2, 0.25) is 5.02 Å². The number of nitrogens with zero attached hydrogens (tertiary/aromatic N) is 1. The van der Waals surface area contributed by atoms with Crippen LogP contribution in [0, 0.1) is 0 Å². The molecule has 3 aromatic rings. The highest BCUT2D eigenvalue weighted by molar-refractivity contribution is 7.92. The van der Waals surface area contributed by atoms with Crippen molar-refractivity contribution in [3.63, 3.8) is 0 Å². The zero-order valence-corrected chi connectivity index (χ0v) is 18.0. The number of sulfonamides is 1. The third kappa shape index (κ3) is 5.52. The van der Waals surface area contributed by atoms with E-state index in [1.54, 1.807) is 42.5 Å². The van der Waals surface area contributed by atoms with E-state index >= 15 is 0 Å². The molecule has 156 valence electrons. The molecule has 1 N–H and O–H groups in total. The van der Waals surface area contributed by atoms with Crippen LogP contribution < -0.4 is 14.4 Å². The van der Waals surface area contributed by atoms with E-state index in [2.05, 4.69) is 5.32 Å². The molecule has 3 rings (SSSR count). The number of amides is 1. The molecule has 8 heteroatoms. The van der Waals surface area contributed by atoms with Gasteiger partial charge in [0, 0.05) is 10.7 Å². The lowest BCUT2D eigenvalue weighted by Gasteiger charge is -2.28. The number of hydrogen-bond donors (Lipinski definition) is 1. The summed E-state index contributed by atoms with van der Waals surface area (Å²) in [4.78, 5) is 12.8. The first kappa shape index (κ1) is 21.7. The van der Waals surface area contributed by atoms with Crippen LogP contribution in [0.15, 0.2) is 78.9 Å². The van der Waals surface area contributed by atoms with Gasteiger partial charge in [-0.15, -0.1) is 0 Å². The lowest BCUT2D eigenvalue weighted by molar-refractivity contribution is -0.116. The van der Waals surface area contributed by atoms with Gasteiger partial charge in [-0.1, -0.05) is 35.9 Å². The summed E-state index contributed by atoms with van der Waals surface area (Å²) in [5.41, 5.74) is 0.839. The van der Waals surface area contributed by atoms with Crippen molar-refractivity contribution in [3.8, 4) is 11.5 Å². The Kier molecular flexibility index (Phi) is 6.64. The molecule has 6 nitrogen and oxygen atoms in total. The van der Waals surface area contributed by atoms with Gasteiger partial charge >= 0.3 is 0 Å². The Labute approximate surface area is 181 Å². The molecule has 0 aliphatic heterocycles. The molecular weight excluding hydrogens is 424 g/mol. The standard InChI is InChI=1S/C22H21ClN2O4S/c1-16(25(30(2,27)28)19-8-6-7-17(23)15-19)22(26)24-18-11-13-21(14-12-18)29-20-9-4-3-5-10-20/h3-16H,1-2H3,(H,24,26)/t16-/m0/s1. The minimum atomic E-state index is -3.72. The van der Waals surface area contributed by atoms with Crippen molar-refractivity contribution < 1.29 is 17.9 Å². The van der Waals surface area contributed by atoms with E-state index in [0.29, 0.717) is 27.9 Å². The van der Waals surface area contributed by atoms with Gasteiger partial charge in [-0.3, -0.25) is 9.10 Å². The fraction of sp³-hybridized carbons (Fsp3) is 0.136. The van der Waals surface area contributed by atoms with Crippen LogP contribution in [-0.2, 0) is 14.8 Å². The lowest BCUT2D eigenvalue weighted by atomic mass is 10.2. The maximum atomic E-state index is 12.8. The van der Waals surface area contributed by atoms with E-state index in [4.69, 9.17) is 16.3 Å². The summed E-state index contributed by atoms with van der Waals surface area (Å²) in [5, 5.41) is 3.11. The molecule has 1 atom stereocenters. The van der Waals surface area contributed by atoms with E-state index < -0.39 is 22.0 Å². The van der Waals surface area contributed by atoms with Crippen LogP contribution >= 0.6 is 11.6 Å². The SMILES string of the molecule is C[C@@H](C(=O)Nc1ccc(Oc2ccccc2)cc1)N(c1cccc(Cl)c1)S(C)(=O)=O. The molecular formula is C22H21ClN2O4S. The number of benzene rings is 3. The maximum Gasteiger partial charge on any atom is 0.247 e. The topological polar surface area (TPSA) is 75.7 Å². The Morgan fingerprint density at radius 1 is 0.967 bits per heavy atom. The minimum Gasteiger partial charge on any atom is -0.457 e. The molecule has 0 fully saturated rings. The first-order chi connectivity index (χ1) is 14.2. The lowest BCUT2D eigenvalue weighted by Crippen LogP contribution is -2.45. The monoisotopic (exact) mass is 444 g/mol. The fourth-order valence-electron chi connectivity index (χ4n) is 2.90. The molecule has 3 aromatic carbocycles. The first-order valence-corrected chi connectivity index (χ1v) is 11.4. The van der Waals surface area contributed by atoms with Crippen LogP contribution in [0.4, 0.5) is 11.4 Å². The second kappa shape index (κ2) is 9.19. The Balaban J connectivity index is 1.73. The maximum absolute atomic E-state index is 12.8. The molecule has 0 saturated heterocycles. The average Bonchev–Trinajstić information content (AvgIpc) is 2.69. The van der Waals surface area contributed by atoms with Crippen molar-refractivity contribution in [1.29, 1.82) is 0 Å². The summed E-state index contributed by atoms with van der Waals surface area (Å²) in [5.74, 6) is 0.842. The Morgan fingerprint density at radius 2 is 1.60 bits per heavy atom. The second-order valence-electron chi connectivity index (χ2n) is 6.64. The van der Waals surface area contributed by atoms with Crippen LogP contribution in [0.3, 0.4) is 0 Å². The average molecular weight is 445 g/mol. The summed E-state index contributed by atoms with van der Waals surface area (Å²) >= 11 is 5.99. The largest absolute Gasteiger partial charge is 0.457 e. The summed E-state index contributed by atoms with van der Waals surface area (Å²) in [6.07, 6.45) is 1.05. The number of nitrogens with one attached hydrogen (secondary N) is 1. The van der Waals surface area contributed by atoms with Crippen molar-refractivity contribution in [1.82, 2.24) is 0 Å². The molecule has 0 aliphatic carbocycles. The van der Waals surface area contributed by atoms with Gasteiger partial charge in [-0.2, -0.15) is 0 Å². The molecule has 0 bridgehead atoms. The van der Waals surface area contributed by atoms with Crippen molar-refractivity contribution >= 4 is 38.9 Å². The van der Waals surface area contributed by atoms with E-state index in [1.165, 1.54) is 13.0 Å². The number of rotatable bonds is 7. The second-order valence-corrected chi connectivity index (χ2v) is 8.94. The molecule has 1 amide bonds. The van der Waals surface area contributed by atoms with Gasteiger partial charge in [0.25, 0.3) is 0 Å². The van der Waals surface area contributed by atoms with Gasteiger partial charge < -0.3 is 10.1 Å². The molecule has 0 radical (unpaired) electrons. The van der Waals surface area contributed by atoms with Crippen molar-refractivity contribution in [2.45, 2.75) is 13.0 Å². The molecule has 0 unspecified atom stereocenters. The Hall–Kier alpha value is -3.03. The Morgan fingerprint density at radius 3 is 2.20 bits per heavy atom. The zero-order valence-electron chi connectivity index (χ0n) is 16.4. The number of hydrogen-bond acceptors (Lipinski definition) is 4. The van der Waals surface area contributed by atoms with E-state index in [9.17, 15) is 13.2 Å². The van der Waals surface area contributed by atoms with Crippen LogP contribution in [0.25, 0.3) is 0 Å². The highest BCUT2D eigenvalue weighted by atomic mass is 35.5. The van der Waals surface area contributed by atoms with Crippen LogP contribution in [-0.4, -0.2) is 26.6 Å². The summed E-state index contributed by atoms with van der Waals surface area (Å²) < 4.78 is 31.5. The first-order valence-electron chi connectivity index (χ1n) is 9.13. The third-order valence-corrected chi connectivity index (χ3v) is 5.73. The molecule has 0 spiro atoms. The fourth-order valence-corrected chi connectivity index (χ4v) is 4.25. The quantitative estimate of drug-likeness (QED) is 0.560. The highest BCUT2D eigenvalue weighted by Gasteiger charge is 2.29. The molecule has 0 heterocycles. The normalized spacial score (nSPS) is 12.1. The van der Waals surface area contributed by atoms with Crippen LogP contribution in [0.5, 0.6) is 11.5 Å². The van der Waals surface area contributed by atoms with E-state index in [0.717, 1.165) is 10.6 Å². The smallest absolute Gasteiger partial charge is 0.247 e. The number of carbonyl (C=O) groups excluding carboxylic acids is 1. The molecule has 0 aliphatic rings. The minimum absolute atomic E-state index is 0.319. The number of halogens is 1. The van der Waals surface area contributed by atoms with E-state index in [-0.39, 0.29) is 0 Å². The van der Waals surface area contributed by atoms with Gasteiger partial charge in [0.2, 0.25) is 15.9 Å². The van der Waals surface area contributed by atoms with Gasteiger partial charge in [0.05, 0.1) is 11.9 Å². The number of carbonyl (C=O) groups is 1. The van der Waals surface area contributed by atoms with Crippen molar-refractivity contribution in [3.05, 3.63) is 83.9 Å². The predicted octanol–water partition coefficient (Wildman–Crippen LogP) is 4.93. The number of ether oxygens (including phenoxy) is 1. The number of para-hydroxylation sites is 1. The van der Waals surface area contributed by atoms with Crippen molar-refractivity contribution in [2.75, 3.05) is 15.9 Å². The summed E-state index contributed by atoms with van der Waals surface area (Å²) in [7, 11) is -3.72. The van der Waals surface area contributed by atoms with Gasteiger partial charge in [-0.25, -0.2) is 8.42 Å². The highest BCUT2D eigenvalue weighted by Crippen LogP contribution is 2.26. The predicted molar refractivity (Wildman–Crippen MR) is 120 cm³/mol. The molecule has 0 saturated carbocycles. The van der Waals surface area contributed by atoms with Crippen molar-refractivity contribution in [2.24, 2.45) is 0 Å². The summed E-state index contributed by atoms with van der Waals surface area (Å²) in [6.45, 7) is 1.52. The van der Waals surface area contributed by atoms with Gasteiger partial charge in [0.15, 0.2) is 0 Å². The van der Waals surface area contributed by atoms with Gasteiger partial charge in [0.1, 0.15) is 17.5 Å².